The smallest absolute Gasteiger partial charge is 0.240 e. The van der Waals surface area contributed by atoms with Crippen LogP contribution in [0.4, 0.5) is 0 Å². The van der Waals surface area contributed by atoms with E-state index in [1.54, 1.807) is 17.8 Å². The minimum absolute atomic E-state index is 0.560. The summed E-state index contributed by atoms with van der Waals surface area (Å²) in [5.41, 5.74) is 0. The molecular weight excluding hydrogens is 282 g/mol. The Morgan fingerprint density at radius 2 is 2.16 bits per heavy atom. The molecule has 0 bridgehead atoms. The zero-order valence-electron chi connectivity index (χ0n) is 10.3. The number of hydrogen-bond donors (Lipinski definition) is 1. The molecule has 4 nitrogen and oxygen atoms in total. The Labute approximate surface area is 121 Å². The van der Waals surface area contributed by atoms with Gasteiger partial charge in [0.15, 0.2) is 5.82 Å². The topological polar surface area (TPSA) is 51.0 Å². The van der Waals surface area contributed by atoms with Crippen molar-refractivity contribution in [3.05, 3.63) is 53.7 Å². The molecule has 100 valence electrons. The lowest BCUT2D eigenvalue weighted by Crippen LogP contribution is -2.12. The Morgan fingerprint density at radius 1 is 1.37 bits per heavy atom. The third-order valence-corrected chi connectivity index (χ3v) is 3.52. The number of halogens is 1. The van der Waals surface area contributed by atoms with Crippen LogP contribution in [-0.2, 0) is 12.3 Å². The standard InChI is InChI=1S/C13H14ClN3OS/c1-2-7-15-8-13-16-12(17-18-13)9-19-11-5-3-10(14)4-6-11/h2-6,15H,1,7-9H2. The maximum atomic E-state index is 5.83. The highest BCUT2D eigenvalue weighted by molar-refractivity contribution is 7.98. The Balaban J connectivity index is 1.82. The summed E-state index contributed by atoms with van der Waals surface area (Å²) in [4.78, 5) is 5.42. The minimum Gasteiger partial charge on any atom is -0.338 e. The zero-order chi connectivity index (χ0) is 13.5. The molecule has 0 atom stereocenters. The molecule has 19 heavy (non-hydrogen) atoms. The van der Waals surface area contributed by atoms with Gasteiger partial charge in [0.2, 0.25) is 5.89 Å². The first kappa shape index (κ1) is 14.1. The maximum Gasteiger partial charge on any atom is 0.240 e. The van der Waals surface area contributed by atoms with Gasteiger partial charge in [0.1, 0.15) is 0 Å². The van der Waals surface area contributed by atoms with Gasteiger partial charge in [0.05, 0.1) is 12.3 Å². The van der Waals surface area contributed by atoms with Gasteiger partial charge in [-0.05, 0) is 24.3 Å². The predicted octanol–water partition coefficient (Wildman–Crippen LogP) is 3.29. The molecule has 0 aliphatic carbocycles. The minimum atomic E-state index is 0.560. The van der Waals surface area contributed by atoms with Gasteiger partial charge in [-0.3, -0.25) is 0 Å². The number of nitrogens with one attached hydrogen (secondary N) is 1. The molecule has 0 aliphatic rings. The van der Waals surface area contributed by atoms with Crippen LogP contribution in [0.15, 0.2) is 46.3 Å². The highest BCUT2D eigenvalue weighted by Gasteiger charge is 2.06. The van der Waals surface area contributed by atoms with E-state index < -0.39 is 0 Å². The van der Waals surface area contributed by atoms with Crippen LogP contribution >= 0.6 is 23.4 Å². The number of hydrogen-bond acceptors (Lipinski definition) is 5. The molecule has 1 aromatic carbocycles. The Hall–Kier alpha value is -1.30. The van der Waals surface area contributed by atoms with Gasteiger partial charge in [-0.1, -0.05) is 22.8 Å². The van der Waals surface area contributed by atoms with Crippen LogP contribution < -0.4 is 5.32 Å². The predicted molar refractivity (Wildman–Crippen MR) is 77.2 cm³/mol. The Morgan fingerprint density at radius 3 is 2.89 bits per heavy atom. The second-order valence-corrected chi connectivity index (χ2v) is 5.25. The van der Waals surface area contributed by atoms with Crippen molar-refractivity contribution >= 4 is 23.4 Å². The first-order chi connectivity index (χ1) is 9.28. The first-order valence-electron chi connectivity index (χ1n) is 5.79. The van der Waals surface area contributed by atoms with Crippen molar-refractivity contribution < 1.29 is 4.52 Å². The molecule has 2 aromatic rings. The fourth-order valence-corrected chi connectivity index (χ4v) is 2.25. The van der Waals surface area contributed by atoms with Gasteiger partial charge in [-0.15, -0.1) is 18.3 Å². The van der Waals surface area contributed by atoms with Crippen molar-refractivity contribution in [1.82, 2.24) is 15.5 Å². The number of aromatic nitrogens is 2. The van der Waals surface area contributed by atoms with E-state index in [9.17, 15) is 0 Å². The third-order valence-electron chi connectivity index (χ3n) is 2.26. The molecular formula is C13H14ClN3OS. The lowest BCUT2D eigenvalue weighted by Gasteiger charge is -1.97. The van der Waals surface area contributed by atoms with E-state index in [4.69, 9.17) is 16.1 Å². The van der Waals surface area contributed by atoms with E-state index in [0.717, 1.165) is 16.5 Å². The summed E-state index contributed by atoms with van der Waals surface area (Å²) in [6, 6.07) is 7.68. The van der Waals surface area contributed by atoms with Crippen molar-refractivity contribution in [2.75, 3.05) is 6.54 Å². The number of nitrogens with zero attached hydrogens (tertiary/aromatic N) is 2. The van der Waals surface area contributed by atoms with E-state index in [1.165, 1.54) is 0 Å². The Kier molecular flexibility index (Phi) is 5.44. The van der Waals surface area contributed by atoms with Crippen LogP contribution in [0.25, 0.3) is 0 Å². The van der Waals surface area contributed by atoms with Crippen LogP contribution in [0, 0.1) is 0 Å². The van der Waals surface area contributed by atoms with E-state index in [2.05, 4.69) is 22.0 Å². The van der Waals surface area contributed by atoms with Crippen molar-refractivity contribution in [3.8, 4) is 0 Å². The molecule has 6 heteroatoms. The van der Waals surface area contributed by atoms with Crippen LogP contribution in [0.2, 0.25) is 5.02 Å². The summed E-state index contributed by atoms with van der Waals surface area (Å²) >= 11 is 7.47. The number of benzene rings is 1. The second kappa shape index (κ2) is 7.33. The summed E-state index contributed by atoms with van der Waals surface area (Å²) in [7, 11) is 0. The summed E-state index contributed by atoms with van der Waals surface area (Å²) in [6.07, 6.45) is 1.79. The van der Waals surface area contributed by atoms with Gasteiger partial charge in [0, 0.05) is 16.5 Å². The SMILES string of the molecule is C=CCNCc1nc(CSc2ccc(Cl)cc2)no1. The molecule has 0 saturated heterocycles. The fourth-order valence-electron chi connectivity index (χ4n) is 1.38. The lowest BCUT2D eigenvalue weighted by molar-refractivity contribution is 0.366. The molecule has 0 amide bonds. The molecule has 1 heterocycles. The maximum absolute atomic E-state index is 5.83. The Bertz CT molecular complexity index is 527. The monoisotopic (exact) mass is 295 g/mol. The largest absolute Gasteiger partial charge is 0.338 e. The highest BCUT2D eigenvalue weighted by atomic mass is 35.5. The van der Waals surface area contributed by atoms with Gasteiger partial charge in [-0.2, -0.15) is 4.98 Å². The molecule has 0 fully saturated rings. The zero-order valence-corrected chi connectivity index (χ0v) is 11.9. The second-order valence-electron chi connectivity index (χ2n) is 3.77. The summed E-state index contributed by atoms with van der Waals surface area (Å²) in [5.74, 6) is 1.95. The molecule has 0 saturated carbocycles. The normalized spacial score (nSPS) is 10.6. The average molecular weight is 296 g/mol. The first-order valence-corrected chi connectivity index (χ1v) is 7.15. The number of thioether (sulfide) groups is 1. The van der Waals surface area contributed by atoms with E-state index in [0.29, 0.717) is 24.0 Å². The third kappa shape index (κ3) is 4.70. The van der Waals surface area contributed by atoms with Gasteiger partial charge >= 0.3 is 0 Å². The summed E-state index contributed by atoms with van der Waals surface area (Å²) in [6.45, 7) is 4.90. The van der Waals surface area contributed by atoms with Crippen LogP contribution in [0.5, 0.6) is 0 Å². The van der Waals surface area contributed by atoms with Crippen LogP contribution in [0.3, 0.4) is 0 Å². The van der Waals surface area contributed by atoms with Gasteiger partial charge < -0.3 is 9.84 Å². The van der Waals surface area contributed by atoms with Crippen molar-refractivity contribution in [2.45, 2.75) is 17.2 Å². The number of rotatable bonds is 7. The summed E-state index contributed by atoms with van der Waals surface area (Å²) < 4.78 is 5.13. The van der Waals surface area contributed by atoms with Gasteiger partial charge in [-0.25, -0.2) is 0 Å². The highest BCUT2D eigenvalue weighted by Crippen LogP contribution is 2.23. The van der Waals surface area contributed by atoms with Crippen molar-refractivity contribution in [1.29, 1.82) is 0 Å². The summed E-state index contributed by atoms with van der Waals surface area (Å²) in [5, 5.41) is 7.77. The van der Waals surface area contributed by atoms with Crippen molar-refractivity contribution in [3.63, 3.8) is 0 Å². The fraction of sp³-hybridized carbons (Fsp3) is 0.231. The molecule has 0 radical (unpaired) electrons. The van der Waals surface area contributed by atoms with E-state index in [1.807, 2.05) is 24.3 Å². The molecule has 0 unspecified atom stereocenters. The van der Waals surface area contributed by atoms with Crippen LogP contribution in [-0.4, -0.2) is 16.7 Å². The quantitative estimate of drug-likeness (QED) is 0.482. The molecule has 2 rings (SSSR count). The van der Waals surface area contributed by atoms with E-state index in [-0.39, 0.29) is 0 Å². The molecule has 1 aromatic heterocycles. The molecule has 0 spiro atoms. The van der Waals surface area contributed by atoms with Gasteiger partial charge in [0.25, 0.3) is 0 Å². The molecule has 0 aliphatic heterocycles. The molecule has 1 N–H and O–H groups in total. The van der Waals surface area contributed by atoms with Crippen molar-refractivity contribution in [2.24, 2.45) is 0 Å². The average Bonchev–Trinajstić information content (AvgIpc) is 2.86. The van der Waals surface area contributed by atoms with E-state index >= 15 is 0 Å². The van der Waals surface area contributed by atoms with Crippen LogP contribution in [0.1, 0.15) is 11.7 Å². The lowest BCUT2D eigenvalue weighted by atomic mass is 10.4.